The molecule has 130 valence electrons. The Bertz CT molecular complexity index is 573. The standard InChI is InChI=1S/C17H25O5P.Na.H/c1-11(13-6-7-13)15-4-3-5-16(12(2)14-8-9-14)17(15)21-10-22-23(18,19)20;;/h3-5,11-14H,6-10H2,1-2H3,(H2,18,19,20);;/t11-,12-;;/m0../s1. The van der Waals surface area contributed by atoms with Gasteiger partial charge in [-0.2, -0.15) is 0 Å². The van der Waals surface area contributed by atoms with Gasteiger partial charge in [0.15, 0.2) is 6.79 Å². The van der Waals surface area contributed by atoms with Gasteiger partial charge in [0, 0.05) is 0 Å². The molecule has 24 heavy (non-hydrogen) atoms. The molecule has 2 saturated carbocycles. The number of phosphoric acid groups is 1. The quantitative estimate of drug-likeness (QED) is 0.419. The average Bonchev–Trinajstić information content (AvgIpc) is 3.38. The summed E-state index contributed by atoms with van der Waals surface area (Å²) in [5.74, 6) is 2.93. The second kappa shape index (κ2) is 8.22. The van der Waals surface area contributed by atoms with E-state index in [1.54, 1.807) is 0 Å². The fourth-order valence-electron chi connectivity index (χ4n) is 3.31. The first-order chi connectivity index (χ1) is 10.9. The van der Waals surface area contributed by atoms with Crippen LogP contribution < -0.4 is 4.74 Å². The molecule has 0 heterocycles. The Morgan fingerprint density at radius 1 is 1.08 bits per heavy atom. The summed E-state index contributed by atoms with van der Waals surface area (Å²) in [6.07, 6.45) is 4.95. The van der Waals surface area contributed by atoms with Crippen LogP contribution in [0.3, 0.4) is 0 Å². The molecular weight excluding hydrogens is 338 g/mol. The van der Waals surface area contributed by atoms with Crippen molar-refractivity contribution in [3.63, 3.8) is 0 Å². The summed E-state index contributed by atoms with van der Waals surface area (Å²) in [5, 5.41) is 0. The van der Waals surface area contributed by atoms with Crippen LogP contribution in [0, 0.1) is 11.8 Å². The van der Waals surface area contributed by atoms with Crippen LogP contribution in [0.25, 0.3) is 0 Å². The minimum atomic E-state index is -4.52. The van der Waals surface area contributed by atoms with Gasteiger partial charge in [0.2, 0.25) is 0 Å². The van der Waals surface area contributed by atoms with E-state index in [0.29, 0.717) is 23.7 Å². The van der Waals surface area contributed by atoms with Gasteiger partial charge in [-0.15, -0.1) is 0 Å². The van der Waals surface area contributed by atoms with Crippen molar-refractivity contribution in [3.8, 4) is 5.75 Å². The molecule has 2 fully saturated rings. The van der Waals surface area contributed by atoms with Gasteiger partial charge in [0.05, 0.1) is 0 Å². The summed E-state index contributed by atoms with van der Waals surface area (Å²) >= 11 is 0. The Balaban J connectivity index is 0.00000208. The first kappa shape index (κ1) is 20.4. The first-order valence-corrected chi connectivity index (χ1v) is 9.85. The van der Waals surface area contributed by atoms with E-state index >= 15 is 0 Å². The third kappa shape index (κ3) is 5.31. The SMILES string of the molecule is C[C@H](c1cccc([C@@H](C)C2CC2)c1OCOP(=O)(O)O)C1CC1.[NaH]. The molecule has 0 amide bonds. The van der Waals surface area contributed by atoms with Crippen LogP contribution in [-0.2, 0) is 9.09 Å². The summed E-state index contributed by atoms with van der Waals surface area (Å²) in [6.45, 7) is 3.98. The Hall–Kier alpha value is 0.130. The van der Waals surface area contributed by atoms with Crippen LogP contribution in [0.1, 0.15) is 62.5 Å². The summed E-state index contributed by atoms with van der Waals surface area (Å²) in [7, 11) is -4.52. The van der Waals surface area contributed by atoms with Crippen LogP contribution in [0.15, 0.2) is 18.2 Å². The van der Waals surface area contributed by atoms with Crippen LogP contribution in [0.4, 0.5) is 0 Å². The molecule has 1 aromatic carbocycles. The Labute approximate surface area is 165 Å². The van der Waals surface area contributed by atoms with Crippen molar-refractivity contribution in [3.05, 3.63) is 29.3 Å². The van der Waals surface area contributed by atoms with E-state index in [0.717, 1.165) is 16.9 Å². The zero-order chi connectivity index (χ0) is 16.6. The number of hydrogen-bond donors (Lipinski definition) is 2. The summed E-state index contributed by atoms with van der Waals surface area (Å²) in [5.41, 5.74) is 2.26. The molecule has 0 radical (unpaired) electrons. The van der Waals surface area contributed by atoms with Gasteiger partial charge in [-0.3, -0.25) is 0 Å². The second-order valence-electron chi connectivity index (χ2n) is 6.90. The third-order valence-electron chi connectivity index (χ3n) is 5.14. The monoisotopic (exact) mass is 364 g/mol. The van der Waals surface area contributed by atoms with Crippen LogP contribution in [0.5, 0.6) is 5.75 Å². The molecule has 0 unspecified atom stereocenters. The van der Waals surface area contributed by atoms with Gasteiger partial charge in [-0.25, -0.2) is 9.09 Å². The van der Waals surface area contributed by atoms with Gasteiger partial charge in [-0.1, -0.05) is 32.0 Å². The molecule has 2 N–H and O–H groups in total. The molecule has 3 rings (SSSR count). The fraction of sp³-hybridized carbons (Fsp3) is 0.647. The van der Waals surface area contributed by atoms with Crippen LogP contribution in [-0.4, -0.2) is 46.1 Å². The number of rotatable bonds is 8. The normalized spacial score (nSPS) is 20.2. The Kier molecular flexibility index (Phi) is 7.00. The molecule has 0 aromatic heterocycles. The summed E-state index contributed by atoms with van der Waals surface area (Å²) in [6, 6.07) is 6.21. The van der Waals surface area contributed by atoms with Crippen molar-refractivity contribution in [1.29, 1.82) is 0 Å². The van der Waals surface area contributed by atoms with Gasteiger partial charge >= 0.3 is 37.4 Å². The fourth-order valence-corrected chi connectivity index (χ4v) is 3.50. The number of ether oxygens (including phenoxy) is 1. The maximum atomic E-state index is 10.9. The number of hydrogen-bond acceptors (Lipinski definition) is 3. The van der Waals surface area contributed by atoms with Crippen molar-refractivity contribution < 1.29 is 23.6 Å². The van der Waals surface area contributed by atoms with Crippen molar-refractivity contribution >= 4 is 37.4 Å². The average molecular weight is 364 g/mol. The summed E-state index contributed by atoms with van der Waals surface area (Å²) in [4.78, 5) is 17.7. The number of para-hydroxylation sites is 1. The van der Waals surface area contributed by atoms with Crippen molar-refractivity contribution in [1.82, 2.24) is 0 Å². The van der Waals surface area contributed by atoms with E-state index in [-0.39, 0.29) is 29.6 Å². The molecule has 7 heteroatoms. The third-order valence-corrected chi connectivity index (χ3v) is 5.58. The second-order valence-corrected chi connectivity index (χ2v) is 8.14. The molecule has 0 spiro atoms. The van der Waals surface area contributed by atoms with Crippen LogP contribution >= 0.6 is 7.82 Å². The van der Waals surface area contributed by atoms with Crippen molar-refractivity contribution in [2.24, 2.45) is 11.8 Å². The molecule has 2 atom stereocenters. The number of benzene rings is 1. The Morgan fingerprint density at radius 2 is 1.54 bits per heavy atom. The van der Waals surface area contributed by atoms with E-state index in [9.17, 15) is 4.57 Å². The molecule has 5 nitrogen and oxygen atoms in total. The van der Waals surface area contributed by atoms with E-state index in [2.05, 4.69) is 36.6 Å². The zero-order valence-electron chi connectivity index (χ0n) is 13.6. The van der Waals surface area contributed by atoms with Crippen molar-refractivity contribution in [2.45, 2.75) is 51.4 Å². The molecule has 0 bridgehead atoms. The summed E-state index contributed by atoms with van der Waals surface area (Å²) < 4.78 is 21.1. The molecule has 1 aromatic rings. The number of phosphoric ester groups is 1. The van der Waals surface area contributed by atoms with E-state index in [1.165, 1.54) is 25.7 Å². The first-order valence-electron chi connectivity index (χ1n) is 8.32. The zero-order valence-corrected chi connectivity index (χ0v) is 14.5. The molecular formula is C17H26NaO5P. The Morgan fingerprint density at radius 3 is 1.92 bits per heavy atom. The maximum absolute atomic E-state index is 10.9. The topological polar surface area (TPSA) is 76.0 Å². The minimum absolute atomic E-state index is 0. The molecule has 2 aliphatic carbocycles. The van der Waals surface area contributed by atoms with E-state index < -0.39 is 14.6 Å². The van der Waals surface area contributed by atoms with Gasteiger partial charge in [-0.05, 0) is 60.5 Å². The predicted molar refractivity (Wildman–Crippen MR) is 94.5 cm³/mol. The van der Waals surface area contributed by atoms with Gasteiger partial charge < -0.3 is 14.5 Å². The van der Waals surface area contributed by atoms with E-state index in [4.69, 9.17) is 14.5 Å². The van der Waals surface area contributed by atoms with Crippen molar-refractivity contribution in [2.75, 3.05) is 6.79 Å². The van der Waals surface area contributed by atoms with Crippen LogP contribution in [0.2, 0.25) is 0 Å². The molecule has 2 aliphatic rings. The molecule has 0 saturated heterocycles. The molecule has 0 aliphatic heterocycles. The van der Waals surface area contributed by atoms with E-state index in [1.807, 2.05) is 0 Å². The van der Waals surface area contributed by atoms with Gasteiger partial charge in [0.25, 0.3) is 0 Å². The predicted octanol–water partition coefficient (Wildman–Crippen LogP) is 3.51. The van der Waals surface area contributed by atoms with Gasteiger partial charge in [0.1, 0.15) is 5.75 Å².